The normalized spacial score (nSPS) is 17.7. The molecule has 1 saturated heterocycles. The molecule has 1 heterocycles. The van der Waals surface area contributed by atoms with E-state index in [0.29, 0.717) is 19.0 Å². The minimum absolute atomic E-state index is 0.0435. The van der Waals surface area contributed by atoms with E-state index in [9.17, 15) is 9.59 Å². The summed E-state index contributed by atoms with van der Waals surface area (Å²) >= 11 is 3.53. The van der Waals surface area contributed by atoms with Gasteiger partial charge in [-0.05, 0) is 66.2 Å². The van der Waals surface area contributed by atoms with E-state index in [1.165, 1.54) is 6.42 Å². The van der Waals surface area contributed by atoms with Gasteiger partial charge >= 0.3 is 0 Å². The zero-order chi connectivity index (χ0) is 17.7. The maximum absolute atomic E-state index is 12.6. The van der Waals surface area contributed by atoms with E-state index in [0.717, 1.165) is 41.5 Å². The van der Waals surface area contributed by atoms with Crippen LogP contribution in [0, 0.1) is 6.92 Å². The van der Waals surface area contributed by atoms with Crippen molar-refractivity contribution in [3.63, 3.8) is 0 Å². The number of rotatable bonds is 5. The Kier molecular flexibility index (Phi) is 6.84. The van der Waals surface area contributed by atoms with Gasteiger partial charge in [0.1, 0.15) is 0 Å². The largest absolute Gasteiger partial charge is 0.340 e. The van der Waals surface area contributed by atoms with Crippen LogP contribution in [0.5, 0.6) is 0 Å². The second-order valence-corrected chi connectivity index (χ2v) is 7.37. The molecule has 5 heteroatoms. The lowest BCUT2D eigenvalue weighted by Gasteiger charge is -2.36. The van der Waals surface area contributed by atoms with Crippen molar-refractivity contribution >= 4 is 33.4 Å². The molecule has 0 bridgehead atoms. The van der Waals surface area contributed by atoms with E-state index in [1.54, 1.807) is 11.8 Å². The van der Waals surface area contributed by atoms with Crippen molar-refractivity contribution < 1.29 is 9.59 Å². The third-order valence-electron chi connectivity index (χ3n) is 4.74. The van der Waals surface area contributed by atoms with Crippen LogP contribution >= 0.6 is 15.9 Å². The number of hydrogen-bond acceptors (Lipinski definition) is 2. The van der Waals surface area contributed by atoms with E-state index in [-0.39, 0.29) is 11.8 Å². The number of anilines is 1. The molecule has 0 radical (unpaired) electrons. The predicted molar refractivity (Wildman–Crippen MR) is 101 cm³/mol. The van der Waals surface area contributed by atoms with Crippen LogP contribution in [0.4, 0.5) is 5.69 Å². The highest BCUT2D eigenvalue weighted by atomic mass is 79.9. The summed E-state index contributed by atoms with van der Waals surface area (Å²) in [6.45, 7) is 6.97. The highest BCUT2D eigenvalue weighted by molar-refractivity contribution is 9.10. The molecular weight excluding hydrogens is 368 g/mol. The Labute approximate surface area is 153 Å². The van der Waals surface area contributed by atoms with Crippen LogP contribution in [-0.2, 0) is 9.59 Å². The number of benzene rings is 1. The number of carbonyl (C=O) groups is 2. The topological polar surface area (TPSA) is 40.6 Å². The van der Waals surface area contributed by atoms with E-state index in [4.69, 9.17) is 0 Å². The number of aryl methyl sites for hydroxylation is 1. The molecule has 132 valence electrons. The Hall–Kier alpha value is -1.36. The molecule has 0 saturated carbocycles. The first-order valence-electron chi connectivity index (χ1n) is 8.77. The highest BCUT2D eigenvalue weighted by Crippen LogP contribution is 2.28. The van der Waals surface area contributed by atoms with Gasteiger partial charge in [-0.15, -0.1) is 0 Å². The molecule has 2 amide bonds. The zero-order valence-electron chi connectivity index (χ0n) is 14.8. The Bertz CT molecular complexity index is 603. The van der Waals surface area contributed by atoms with Crippen molar-refractivity contribution in [3.8, 4) is 0 Å². The summed E-state index contributed by atoms with van der Waals surface area (Å²) in [7, 11) is 0. The SMILES string of the molecule is CCC1CCCCN1C(=O)CCN(C(C)=O)c1ccc(C)cc1Br. The monoisotopic (exact) mass is 394 g/mol. The number of amides is 2. The van der Waals surface area contributed by atoms with Gasteiger partial charge in [0.2, 0.25) is 11.8 Å². The fourth-order valence-electron chi connectivity index (χ4n) is 3.38. The molecule has 4 nitrogen and oxygen atoms in total. The standard InChI is InChI=1S/C19H27BrN2O2/c1-4-16-7-5-6-11-22(16)19(24)10-12-21(15(3)23)18-9-8-14(2)13-17(18)20/h8-9,13,16H,4-7,10-12H2,1-3H3. The Morgan fingerprint density at radius 3 is 2.71 bits per heavy atom. The lowest BCUT2D eigenvalue weighted by atomic mass is 9.99. The van der Waals surface area contributed by atoms with E-state index >= 15 is 0 Å². The summed E-state index contributed by atoms with van der Waals surface area (Å²) < 4.78 is 0.884. The van der Waals surface area contributed by atoms with Crippen LogP contribution in [0.2, 0.25) is 0 Å². The molecule has 0 spiro atoms. The Morgan fingerprint density at radius 2 is 2.08 bits per heavy atom. The maximum atomic E-state index is 12.6. The Balaban J connectivity index is 2.06. The van der Waals surface area contributed by atoms with Crippen LogP contribution in [0.25, 0.3) is 0 Å². The second-order valence-electron chi connectivity index (χ2n) is 6.52. The van der Waals surface area contributed by atoms with Gasteiger partial charge < -0.3 is 9.80 Å². The van der Waals surface area contributed by atoms with Crippen molar-refractivity contribution in [1.82, 2.24) is 4.90 Å². The highest BCUT2D eigenvalue weighted by Gasteiger charge is 2.26. The number of hydrogen-bond donors (Lipinski definition) is 0. The third-order valence-corrected chi connectivity index (χ3v) is 5.38. The molecule has 0 N–H and O–H groups in total. The Morgan fingerprint density at radius 1 is 1.33 bits per heavy atom. The minimum Gasteiger partial charge on any atom is -0.340 e. The van der Waals surface area contributed by atoms with Crippen LogP contribution < -0.4 is 4.90 Å². The fourth-order valence-corrected chi connectivity index (χ4v) is 4.09. The average molecular weight is 395 g/mol. The number of likely N-dealkylation sites (tertiary alicyclic amines) is 1. The van der Waals surface area contributed by atoms with Crippen molar-refractivity contribution in [1.29, 1.82) is 0 Å². The maximum Gasteiger partial charge on any atom is 0.224 e. The van der Waals surface area contributed by atoms with Crippen molar-refractivity contribution in [2.75, 3.05) is 18.0 Å². The van der Waals surface area contributed by atoms with Crippen molar-refractivity contribution in [2.24, 2.45) is 0 Å². The van der Waals surface area contributed by atoms with E-state index in [2.05, 4.69) is 22.9 Å². The van der Waals surface area contributed by atoms with Gasteiger partial charge in [-0.2, -0.15) is 0 Å². The van der Waals surface area contributed by atoms with Crippen LogP contribution in [0.3, 0.4) is 0 Å². The molecule has 2 rings (SSSR count). The summed E-state index contributed by atoms with van der Waals surface area (Å²) in [5.74, 6) is 0.120. The van der Waals surface area contributed by atoms with Gasteiger partial charge in [0.05, 0.1) is 5.69 Å². The quantitative estimate of drug-likeness (QED) is 0.746. The van der Waals surface area contributed by atoms with Gasteiger partial charge in [0.15, 0.2) is 0 Å². The lowest BCUT2D eigenvalue weighted by Crippen LogP contribution is -2.44. The molecule has 1 aliphatic heterocycles. The molecule has 24 heavy (non-hydrogen) atoms. The van der Waals surface area contributed by atoms with E-state index < -0.39 is 0 Å². The number of nitrogens with zero attached hydrogens (tertiary/aromatic N) is 2. The van der Waals surface area contributed by atoms with Gasteiger partial charge in [0, 0.05) is 36.9 Å². The molecule has 1 atom stereocenters. The molecule has 1 unspecified atom stereocenters. The number of halogens is 1. The zero-order valence-corrected chi connectivity index (χ0v) is 16.4. The van der Waals surface area contributed by atoms with Gasteiger partial charge in [0.25, 0.3) is 0 Å². The van der Waals surface area contributed by atoms with Crippen molar-refractivity contribution in [3.05, 3.63) is 28.2 Å². The number of carbonyl (C=O) groups excluding carboxylic acids is 2. The summed E-state index contributed by atoms with van der Waals surface area (Å²) in [5.41, 5.74) is 1.95. The molecule has 0 aromatic heterocycles. The first-order valence-corrected chi connectivity index (χ1v) is 9.57. The minimum atomic E-state index is -0.0435. The molecule has 1 fully saturated rings. The van der Waals surface area contributed by atoms with Gasteiger partial charge in [-0.3, -0.25) is 9.59 Å². The summed E-state index contributed by atoms with van der Waals surface area (Å²) in [4.78, 5) is 28.4. The molecule has 0 aliphatic carbocycles. The lowest BCUT2D eigenvalue weighted by molar-refractivity contribution is -0.134. The summed E-state index contributed by atoms with van der Waals surface area (Å²) in [6, 6.07) is 6.27. The summed E-state index contributed by atoms with van der Waals surface area (Å²) in [6.07, 6.45) is 4.77. The smallest absolute Gasteiger partial charge is 0.224 e. The first kappa shape index (κ1) is 19.0. The van der Waals surface area contributed by atoms with Crippen LogP contribution in [0.1, 0.15) is 51.5 Å². The third kappa shape index (κ3) is 4.59. The summed E-state index contributed by atoms with van der Waals surface area (Å²) in [5, 5.41) is 0. The van der Waals surface area contributed by atoms with Gasteiger partial charge in [-0.25, -0.2) is 0 Å². The van der Waals surface area contributed by atoms with E-state index in [1.807, 2.05) is 30.0 Å². The average Bonchev–Trinajstić information content (AvgIpc) is 2.56. The van der Waals surface area contributed by atoms with Gasteiger partial charge in [-0.1, -0.05) is 13.0 Å². The molecule has 1 aromatic carbocycles. The number of piperidine rings is 1. The fraction of sp³-hybridized carbons (Fsp3) is 0.579. The van der Waals surface area contributed by atoms with Crippen LogP contribution in [0.15, 0.2) is 22.7 Å². The molecule has 1 aliphatic rings. The van der Waals surface area contributed by atoms with Crippen molar-refractivity contribution in [2.45, 2.75) is 58.9 Å². The predicted octanol–water partition coefficient (Wildman–Crippen LogP) is 4.29. The second kappa shape index (κ2) is 8.65. The molecule has 1 aromatic rings. The molecular formula is C19H27BrN2O2. The first-order chi connectivity index (χ1) is 11.4. The van der Waals surface area contributed by atoms with Crippen LogP contribution in [-0.4, -0.2) is 35.8 Å².